The van der Waals surface area contributed by atoms with Crippen molar-refractivity contribution in [3.63, 3.8) is 0 Å². The van der Waals surface area contributed by atoms with Gasteiger partial charge in [-0.05, 0) is 30.5 Å². The van der Waals surface area contributed by atoms with E-state index in [2.05, 4.69) is 40.0 Å². The Morgan fingerprint density at radius 3 is 2.70 bits per heavy atom. The van der Waals surface area contributed by atoms with Gasteiger partial charge in [-0.3, -0.25) is 4.90 Å². The van der Waals surface area contributed by atoms with E-state index in [-0.39, 0.29) is 0 Å². The van der Waals surface area contributed by atoms with Crippen molar-refractivity contribution < 1.29 is 14.2 Å². The van der Waals surface area contributed by atoms with Crippen molar-refractivity contribution >= 4 is 17.3 Å². The summed E-state index contributed by atoms with van der Waals surface area (Å²) in [5, 5.41) is 9.02. The Labute approximate surface area is 183 Å². The van der Waals surface area contributed by atoms with Crippen molar-refractivity contribution in [1.82, 2.24) is 15.5 Å². The van der Waals surface area contributed by atoms with Crippen LogP contribution in [0.4, 0.5) is 0 Å². The molecule has 164 valence electrons. The van der Waals surface area contributed by atoms with Gasteiger partial charge >= 0.3 is 0 Å². The first-order valence-corrected chi connectivity index (χ1v) is 11.2. The van der Waals surface area contributed by atoms with Gasteiger partial charge in [0.1, 0.15) is 11.5 Å². The molecule has 3 rings (SSSR count). The van der Waals surface area contributed by atoms with E-state index in [9.17, 15) is 0 Å². The van der Waals surface area contributed by atoms with Gasteiger partial charge in [-0.25, -0.2) is 4.99 Å². The van der Waals surface area contributed by atoms with Gasteiger partial charge in [0.15, 0.2) is 5.96 Å². The lowest BCUT2D eigenvalue weighted by Gasteiger charge is -2.34. The lowest BCUT2D eigenvalue weighted by Crippen LogP contribution is -2.46. The van der Waals surface area contributed by atoms with Crippen molar-refractivity contribution in [3.05, 3.63) is 46.2 Å². The van der Waals surface area contributed by atoms with Crippen LogP contribution in [-0.4, -0.2) is 64.5 Å². The van der Waals surface area contributed by atoms with Crippen LogP contribution in [0.1, 0.15) is 23.4 Å². The molecule has 1 aromatic carbocycles. The minimum atomic E-state index is 0.299. The highest BCUT2D eigenvalue weighted by Gasteiger charge is 2.23. The number of benzene rings is 1. The van der Waals surface area contributed by atoms with Crippen LogP contribution in [0.2, 0.25) is 0 Å². The van der Waals surface area contributed by atoms with E-state index in [4.69, 9.17) is 19.2 Å². The molecule has 2 N–H and O–H groups in total. The van der Waals surface area contributed by atoms with E-state index >= 15 is 0 Å². The van der Waals surface area contributed by atoms with Crippen LogP contribution < -0.4 is 20.1 Å². The fraction of sp³-hybridized carbons (Fsp3) is 0.500. The molecule has 1 aliphatic rings. The summed E-state index contributed by atoms with van der Waals surface area (Å²) in [5.74, 6) is 2.35. The third kappa shape index (κ3) is 6.10. The molecule has 0 bridgehead atoms. The summed E-state index contributed by atoms with van der Waals surface area (Å²) in [7, 11) is 3.32. The maximum Gasteiger partial charge on any atom is 0.191 e. The molecule has 0 radical (unpaired) electrons. The Morgan fingerprint density at radius 2 is 2.03 bits per heavy atom. The number of thiophene rings is 1. The number of methoxy groups -OCH3 is 2. The van der Waals surface area contributed by atoms with Crippen molar-refractivity contribution in [3.8, 4) is 11.5 Å². The summed E-state index contributed by atoms with van der Waals surface area (Å²) < 4.78 is 16.3. The van der Waals surface area contributed by atoms with Crippen LogP contribution in [0.25, 0.3) is 0 Å². The molecule has 1 atom stereocenters. The largest absolute Gasteiger partial charge is 0.497 e. The number of ether oxygens (including phenoxy) is 3. The SMILES string of the molecule is CCNC(=NCc1ccc(OC)cc1OC)NCC(c1cccs1)N1CCOCC1. The summed E-state index contributed by atoms with van der Waals surface area (Å²) in [4.78, 5) is 8.62. The third-order valence-electron chi connectivity index (χ3n) is 5.07. The van der Waals surface area contributed by atoms with E-state index in [0.717, 1.165) is 62.4 Å². The normalized spacial score (nSPS) is 16.2. The first kappa shape index (κ1) is 22.4. The molecule has 0 saturated carbocycles. The zero-order valence-corrected chi connectivity index (χ0v) is 18.8. The number of rotatable bonds is 9. The fourth-order valence-corrected chi connectivity index (χ4v) is 4.32. The molecule has 7 nitrogen and oxygen atoms in total. The highest BCUT2D eigenvalue weighted by molar-refractivity contribution is 7.10. The van der Waals surface area contributed by atoms with Crippen LogP contribution in [0, 0.1) is 0 Å². The summed E-state index contributed by atoms with van der Waals surface area (Å²) >= 11 is 1.80. The number of morpholine rings is 1. The maximum atomic E-state index is 5.54. The second-order valence-corrected chi connectivity index (χ2v) is 7.91. The van der Waals surface area contributed by atoms with Crippen LogP contribution >= 0.6 is 11.3 Å². The van der Waals surface area contributed by atoms with E-state index in [1.165, 1.54) is 4.88 Å². The monoisotopic (exact) mass is 432 g/mol. The minimum Gasteiger partial charge on any atom is -0.497 e. The Bertz CT molecular complexity index is 792. The fourth-order valence-electron chi connectivity index (χ4n) is 3.46. The molecule has 8 heteroatoms. The molecule has 1 saturated heterocycles. The van der Waals surface area contributed by atoms with Crippen molar-refractivity contribution in [1.29, 1.82) is 0 Å². The predicted octanol–water partition coefficient (Wildman–Crippen LogP) is 2.89. The predicted molar refractivity (Wildman–Crippen MR) is 122 cm³/mol. The third-order valence-corrected chi connectivity index (χ3v) is 6.04. The van der Waals surface area contributed by atoms with E-state index in [1.54, 1.807) is 25.6 Å². The highest BCUT2D eigenvalue weighted by atomic mass is 32.1. The molecule has 2 aromatic rings. The molecule has 30 heavy (non-hydrogen) atoms. The lowest BCUT2D eigenvalue weighted by molar-refractivity contribution is 0.0177. The average Bonchev–Trinajstić information content (AvgIpc) is 3.32. The second kappa shape index (κ2) is 11.8. The summed E-state index contributed by atoms with van der Waals surface area (Å²) in [6, 6.07) is 10.4. The molecular weight excluding hydrogens is 400 g/mol. The van der Waals surface area contributed by atoms with Gasteiger partial charge in [-0.1, -0.05) is 6.07 Å². The number of hydrogen-bond acceptors (Lipinski definition) is 6. The van der Waals surface area contributed by atoms with Gasteiger partial charge in [-0.15, -0.1) is 11.3 Å². The topological polar surface area (TPSA) is 67.4 Å². The zero-order valence-electron chi connectivity index (χ0n) is 18.0. The average molecular weight is 433 g/mol. The number of hydrogen-bond donors (Lipinski definition) is 2. The van der Waals surface area contributed by atoms with E-state index in [0.29, 0.717) is 12.6 Å². The van der Waals surface area contributed by atoms with E-state index in [1.807, 2.05) is 18.2 Å². The van der Waals surface area contributed by atoms with Crippen LogP contribution in [0.15, 0.2) is 40.7 Å². The molecule has 1 aromatic heterocycles. The summed E-state index contributed by atoms with van der Waals surface area (Å²) in [6.07, 6.45) is 0. The van der Waals surface area contributed by atoms with Gasteiger partial charge in [-0.2, -0.15) is 0 Å². The standard InChI is InChI=1S/C22H32N4O3S/c1-4-23-22(24-15-17-7-8-18(27-2)14-20(17)28-3)25-16-19(21-6-5-13-30-21)26-9-11-29-12-10-26/h5-8,13-14,19H,4,9-12,15-16H2,1-3H3,(H2,23,24,25). The van der Waals surface area contributed by atoms with Crippen molar-refractivity contribution in [2.24, 2.45) is 4.99 Å². The van der Waals surface area contributed by atoms with Gasteiger partial charge in [0.2, 0.25) is 0 Å². The molecule has 2 heterocycles. The van der Waals surface area contributed by atoms with Gasteiger partial charge in [0.05, 0.1) is 40.0 Å². The smallest absolute Gasteiger partial charge is 0.191 e. The number of nitrogens with one attached hydrogen (secondary N) is 2. The minimum absolute atomic E-state index is 0.299. The summed E-state index contributed by atoms with van der Waals surface area (Å²) in [5.41, 5.74) is 1.01. The van der Waals surface area contributed by atoms with E-state index < -0.39 is 0 Å². The van der Waals surface area contributed by atoms with Crippen molar-refractivity contribution in [2.75, 3.05) is 53.6 Å². The molecule has 0 spiro atoms. The highest BCUT2D eigenvalue weighted by Crippen LogP contribution is 2.26. The Morgan fingerprint density at radius 1 is 1.20 bits per heavy atom. The van der Waals surface area contributed by atoms with Gasteiger partial charge in [0, 0.05) is 42.7 Å². The lowest BCUT2D eigenvalue weighted by atomic mass is 10.2. The molecule has 1 aliphatic heterocycles. The molecule has 1 fully saturated rings. The number of aliphatic imine (C=N–C) groups is 1. The van der Waals surface area contributed by atoms with Crippen LogP contribution in [-0.2, 0) is 11.3 Å². The second-order valence-electron chi connectivity index (χ2n) is 6.93. The number of guanidine groups is 1. The molecule has 0 amide bonds. The Kier molecular flexibility index (Phi) is 8.80. The quantitative estimate of drug-likeness (QED) is 0.469. The molecule has 1 unspecified atom stereocenters. The number of nitrogens with zero attached hydrogens (tertiary/aromatic N) is 2. The first-order valence-electron chi connectivity index (χ1n) is 10.3. The van der Waals surface area contributed by atoms with Crippen LogP contribution in [0.5, 0.6) is 11.5 Å². The first-order chi connectivity index (χ1) is 14.7. The van der Waals surface area contributed by atoms with Crippen LogP contribution in [0.3, 0.4) is 0 Å². The molecular formula is C22H32N4O3S. The van der Waals surface area contributed by atoms with Gasteiger partial charge in [0.25, 0.3) is 0 Å². The van der Waals surface area contributed by atoms with Gasteiger partial charge < -0.3 is 24.8 Å². The molecule has 0 aliphatic carbocycles. The van der Waals surface area contributed by atoms with Crippen molar-refractivity contribution in [2.45, 2.75) is 19.5 Å². The Balaban J connectivity index is 1.69. The Hall–Kier alpha value is -2.29. The zero-order chi connectivity index (χ0) is 21.2. The maximum absolute atomic E-state index is 5.54. The summed E-state index contributed by atoms with van der Waals surface area (Å²) in [6.45, 7) is 7.63.